The highest BCUT2D eigenvalue weighted by Crippen LogP contribution is 2.29. The maximum atomic E-state index is 12.8. The molecule has 26 heavy (non-hydrogen) atoms. The number of piperazine rings is 1. The lowest BCUT2D eigenvalue weighted by Gasteiger charge is -2.40. The Morgan fingerprint density at radius 1 is 1.12 bits per heavy atom. The van der Waals surface area contributed by atoms with E-state index in [2.05, 4.69) is 53.5 Å². The van der Waals surface area contributed by atoms with Crippen molar-refractivity contribution >= 4 is 17.2 Å². The van der Waals surface area contributed by atoms with E-state index < -0.39 is 0 Å². The number of carbonyl (C=O) groups is 1. The van der Waals surface area contributed by atoms with E-state index in [1.165, 1.54) is 10.4 Å². The molecule has 0 radical (unpaired) electrons. The number of carbonyl (C=O) groups excluding carboxylic acids is 1. The van der Waals surface area contributed by atoms with Crippen LogP contribution in [0.5, 0.6) is 0 Å². The Morgan fingerprint density at radius 3 is 2.46 bits per heavy atom. The molecule has 2 aromatic rings. The minimum absolute atomic E-state index is 0.0104. The molecule has 1 fully saturated rings. The molecule has 1 saturated heterocycles. The van der Waals surface area contributed by atoms with E-state index in [9.17, 15) is 4.79 Å². The van der Waals surface area contributed by atoms with E-state index in [-0.39, 0.29) is 18.0 Å². The van der Waals surface area contributed by atoms with Crippen LogP contribution in [0.4, 0.5) is 0 Å². The maximum absolute atomic E-state index is 12.8. The molecule has 0 bridgehead atoms. The predicted molar refractivity (Wildman–Crippen MR) is 109 cm³/mol. The van der Waals surface area contributed by atoms with Crippen molar-refractivity contribution in [3.8, 4) is 0 Å². The molecule has 1 aromatic carbocycles. The molecular weight excluding hydrogens is 342 g/mol. The number of nitrogens with zero attached hydrogens (tertiary/aromatic N) is 2. The van der Waals surface area contributed by atoms with Crippen LogP contribution >= 0.6 is 11.3 Å². The number of hydrogen-bond donors (Lipinski definition) is 1. The third-order valence-electron chi connectivity index (χ3n) is 5.37. The molecule has 3 rings (SSSR count). The third-order valence-corrected chi connectivity index (χ3v) is 6.31. The molecule has 1 aliphatic heterocycles. The van der Waals surface area contributed by atoms with Gasteiger partial charge in [-0.15, -0.1) is 11.3 Å². The molecule has 1 aliphatic rings. The number of likely N-dealkylation sites (N-methyl/N-ethyl adjacent to an activating group) is 1. The zero-order valence-corrected chi connectivity index (χ0v) is 17.0. The maximum Gasteiger partial charge on any atom is 0.251 e. The number of benzene rings is 1. The summed E-state index contributed by atoms with van der Waals surface area (Å²) in [7, 11) is 2.17. The highest BCUT2D eigenvalue weighted by Gasteiger charge is 2.30. The van der Waals surface area contributed by atoms with Gasteiger partial charge >= 0.3 is 0 Å². The Bertz CT molecular complexity index is 736. The first kappa shape index (κ1) is 19.1. The van der Waals surface area contributed by atoms with E-state index in [1.807, 2.05) is 25.1 Å². The average Bonchev–Trinajstić information content (AvgIpc) is 3.13. The SMILES string of the molecule is Cc1ccc(C(=O)N[C@@H](C)[C@H](c2cccs2)N2CCN(C)CC2)cc1C. The van der Waals surface area contributed by atoms with Crippen molar-refractivity contribution in [3.05, 3.63) is 57.3 Å². The van der Waals surface area contributed by atoms with Crippen molar-refractivity contribution in [2.75, 3.05) is 33.2 Å². The first-order valence-corrected chi connectivity index (χ1v) is 10.2. The molecule has 2 atom stereocenters. The fourth-order valence-electron chi connectivity index (χ4n) is 3.55. The molecule has 5 heteroatoms. The van der Waals surface area contributed by atoms with Gasteiger partial charge in [0.2, 0.25) is 0 Å². The summed E-state index contributed by atoms with van der Waals surface area (Å²) in [6, 6.07) is 10.5. The van der Waals surface area contributed by atoms with Gasteiger partial charge in [0.25, 0.3) is 5.91 Å². The Kier molecular flexibility index (Phi) is 6.12. The first-order valence-electron chi connectivity index (χ1n) is 9.30. The second kappa shape index (κ2) is 8.33. The Morgan fingerprint density at radius 2 is 1.85 bits per heavy atom. The second-order valence-electron chi connectivity index (χ2n) is 7.36. The molecule has 140 valence electrons. The van der Waals surface area contributed by atoms with E-state index >= 15 is 0 Å². The molecular formula is C21H29N3OS. The van der Waals surface area contributed by atoms with Crippen molar-refractivity contribution in [3.63, 3.8) is 0 Å². The van der Waals surface area contributed by atoms with Crippen molar-refractivity contribution in [2.24, 2.45) is 0 Å². The number of hydrogen-bond acceptors (Lipinski definition) is 4. The second-order valence-corrected chi connectivity index (χ2v) is 8.34. The number of aryl methyl sites for hydroxylation is 2. The third kappa shape index (κ3) is 4.34. The van der Waals surface area contributed by atoms with Gasteiger partial charge in [-0.05, 0) is 62.5 Å². The average molecular weight is 372 g/mol. The Labute approximate surface area is 160 Å². The number of rotatable bonds is 5. The van der Waals surface area contributed by atoms with Crippen LogP contribution in [0.25, 0.3) is 0 Å². The molecule has 2 heterocycles. The van der Waals surface area contributed by atoms with Crippen molar-refractivity contribution in [2.45, 2.75) is 32.9 Å². The van der Waals surface area contributed by atoms with Crippen molar-refractivity contribution in [1.82, 2.24) is 15.1 Å². The van der Waals surface area contributed by atoms with Crippen LogP contribution in [0.1, 0.15) is 39.3 Å². The van der Waals surface area contributed by atoms with Crippen molar-refractivity contribution < 1.29 is 4.79 Å². The monoisotopic (exact) mass is 371 g/mol. The molecule has 0 unspecified atom stereocenters. The Hall–Kier alpha value is -1.69. The smallest absolute Gasteiger partial charge is 0.251 e. The number of nitrogens with one attached hydrogen (secondary N) is 1. The minimum Gasteiger partial charge on any atom is -0.348 e. The zero-order chi connectivity index (χ0) is 18.7. The van der Waals surface area contributed by atoms with Gasteiger partial charge in [-0.1, -0.05) is 12.1 Å². The predicted octanol–water partition coefficient (Wildman–Crippen LogP) is 3.47. The summed E-state index contributed by atoms with van der Waals surface area (Å²) >= 11 is 1.77. The van der Waals surface area contributed by atoms with Crippen LogP contribution in [-0.2, 0) is 0 Å². The highest BCUT2D eigenvalue weighted by molar-refractivity contribution is 7.10. The molecule has 0 spiro atoms. The summed E-state index contributed by atoms with van der Waals surface area (Å²) in [5.74, 6) is 0.0104. The van der Waals surface area contributed by atoms with E-state index in [1.54, 1.807) is 11.3 Å². The molecule has 1 N–H and O–H groups in total. The van der Waals surface area contributed by atoms with Crippen LogP contribution in [0, 0.1) is 13.8 Å². The zero-order valence-electron chi connectivity index (χ0n) is 16.2. The van der Waals surface area contributed by atoms with Gasteiger partial charge in [0.1, 0.15) is 0 Å². The normalized spacial score (nSPS) is 18.5. The summed E-state index contributed by atoms with van der Waals surface area (Å²) < 4.78 is 0. The summed E-state index contributed by atoms with van der Waals surface area (Å²) in [5.41, 5.74) is 3.10. The topological polar surface area (TPSA) is 35.6 Å². The lowest BCUT2D eigenvalue weighted by Crippen LogP contribution is -2.51. The van der Waals surface area contributed by atoms with Gasteiger partial charge in [0.05, 0.1) is 6.04 Å². The van der Waals surface area contributed by atoms with Gasteiger partial charge < -0.3 is 10.2 Å². The largest absolute Gasteiger partial charge is 0.348 e. The fraction of sp³-hybridized carbons (Fsp3) is 0.476. The van der Waals surface area contributed by atoms with Crippen molar-refractivity contribution in [1.29, 1.82) is 0 Å². The summed E-state index contributed by atoms with van der Waals surface area (Å²) in [5, 5.41) is 5.37. The van der Waals surface area contributed by atoms with Gasteiger partial charge in [0.15, 0.2) is 0 Å². The van der Waals surface area contributed by atoms with E-state index in [4.69, 9.17) is 0 Å². The fourth-order valence-corrected chi connectivity index (χ4v) is 4.52. The lowest BCUT2D eigenvalue weighted by atomic mass is 10.0. The Balaban J connectivity index is 1.75. The van der Waals surface area contributed by atoms with Gasteiger partial charge in [0, 0.05) is 42.7 Å². The van der Waals surface area contributed by atoms with Crippen LogP contribution in [0.2, 0.25) is 0 Å². The molecule has 1 amide bonds. The summed E-state index contributed by atoms with van der Waals surface area (Å²) in [6.45, 7) is 10.4. The van der Waals surface area contributed by atoms with Gasteiger partial charge in [-0.25, -0.2) is 0 Å². The van der Waals surface area contributed by atoms with Crippen LogP contribution < -0.4 is 5.32 Å². The standard InChI is InChI=1S/C21H29N3OS/c1-15-7-8-18(14-16(15)2)21(25)22-17(3)20(19-6-5-13-26-19)24-11-9-23(4)10-12-24/h5-8,13-14,17,20H,9-12H2,1-4H3,(H,22,25)/t17-,20+/m0/s1. The number of amides is 1. The van der Waals surface area contributed by atoms with Gasteiger partial charge in [-0.3, -0.25) is 9.69 Å². The molecule has 0 aliphatic carbocycles. The van der Waals surface area contributed by atoms with Crippen LogP contribution in [-0.4, -0.2) is 55.0 Å². The number of thiophene rings is 1. The van der Waals surface area contributed by atoms with Crippen LogP contribution in [0.15, 0.2) is 35.7 Å². The van der Waals surface area contributed by atoms with E-state index in [0.29, 0.717) is 0 Å². The molecule has 4 nitrogen and oxygen atoms in total. The van der Waals surface area contributed by atoms with E-state index in [0.717, 1.165) is 37.3 Å². The summed E-state index contributed by atoms with van der Waals surface area (Å²) in [6.07, 6.45) is 0. The quantitative estimate of drug-likeness (QED) is 0.874. The molecule has 1 aromatic heterocycles. The minimum atomic E-state index is 0.0104. The first-order chi connectivity index (χ1) is 12.5. The van der Waals surface area contributed by atoms with Gasteiger partial charge in [-0.2, -0.15) is 0 Å². The highest BCUT2D eigenvalue weighted by atomic mass is 32.1. The van der Waals surface area contributed by atoms with Crippen LogP contribution in [0.3, 0.4) is 0 Å². The molecule has 0 saturated carbocycles. The lowest BCUT2D eigenvalue weighted by molar-refractivity contribution is 0.0799. The summed E-state index contributed by atoms with van der Waals surface area (Å²) in [4.78, 5) is 19.0.